The molecule has 1 atom stereocenters. The minimum absolute atomic E-state index is 0.0802. The summed E-state index contributed by atoms with van der Waals surface area (Å²) in [7, 11) is 1.92. The lowest BCUT2D eigenvalue weighted by Gasteiger charge is -2.34. The van der Waals surface area contributed by atoms with Gasteiger partial charge in [0.2, 0.25) is 5.91 Å². The number of hydrogen-bond donors (Lipinski definition) is 1. The number of morpholine rings is 1. The number of rotatable bonds is 7. The fraction of sp³-hybridized carbons (Fsp3) is 0.522. The van der Waals surface area contributed by atoms with Crippen LogP contribution in [0.25, 0.3) is 11.0 Å². The molecule has 0 spiro atoms. The summed E-state index contributed by atoms with van der Waals surface area (Å²) in [4.78, 5) is 21.2. The standard InChI is InChI=1S/C23H31N5O2S/c1-15-18(16(2)25-23-22(15)17(3)26-27(23)4)7-8-21(29)24-14-19(20-6-5-13-31-20)28-9-11-30-12-10-28/h5-6,13,19H,7-12,14H2,1-4H3,(H,24,29). The van der Waals surface area contributed by atoms with E-state index < -0.39 is 0 Å². The third-order valence-electron chi connectivity index (χ3n) is 6.18. The topological polar surface area (TPSA) is 72.3 Å². The number of ether oxygens (including phenoxy) is 1. The number of hydrogen-bond acceptors (Lipinski definition) is 6. The lowest BCUT2D eigenvalue weighted by atomic mass is 9.99. The second-order valence-corrected chi connectivity index (χ2v) is 9.17. The van der Waals surface area contributed by atoms with Gasteiger partial charge in [0, 0.05) is 49.1 Å². The van der Waals surface area contributed by atoms with Crippen molar-refractivity contribution >= 4 is 28.3 Å². The van der Waals surface area contributed by atoms with Crippen LogP contribution in [0.4, 0.5) is 0 Å². The number of amides is 1. The molecule has 1 N–H and O–H groups in total. The van der Waals surface area contributed by atoms with E-state index in [2.05, 4.69) is 39.8 Å². The molecule has 3 aromatic rings. The minimum Gasteiger partial charge on any atom is -0.379 e. The summed E-state index contributed by atoms with van der Waals surface area (Å²) >= 11 is 1.74. The molecule has 1 aliphatic heterocycles. The maximum absolute atomic E-state index is 12.7. The Bertz CT molecular complexity index is 1050. The third-order valence-corrected chi connectivity index (χ3v) is 7.16. The predicted octanol–water partition coefficient (Wildman–Crippen LogP) is 3.08. The highest BCUT2D eigenvalue weighted by Gasteiger charge is 2.24. The van der Waals surface area contributed by atoms with E-state index in [0.29, 0.717) is 19.4 Å². The van der Waals surface area contributed by atoms with Crippen molar-refractivity contribution in [2.75, 3.05) is 32.8 Å². The molecule has 31 heavy (non-hydrogen) atoms. The highest BCUT2D eigenvalue weighted by atomic mass is 32.1. The van der Waals surface area contributed by atoms with E-state index >= 15 is 0 Å². The Morgan fingerprint density at radius 2 is 2.03 bits per heavy atom. The zero-order valence-corrected chi connectivity index (χ0v) is 19.6. The molecular weight excluding hydrogens is 410 g/mol. The van der Waals surface area contributed by atoms with Crippen molar-refractivity contribution in [3.05, 3.63) is 44.9 Å². The molecule has 4 rings (SSSR count). The van der Waals surface area contributed by atoms with Crippen LogP contribution in [0, 0.1) is 20.8 Å². The van der Waals surface area contributed by atoms with Gasteiger partial charge in [-0.2, -0.15) is 5.10 Å². The first-order valence-corrected chi connectivity index (χ1v) is 11.7. The van der Waals surface area contributed by atoms with E-state index in [9.17, 15) is 4.79 Å². The van der Waals surface area contributed by atoms with Crippen molar-refractivity contribution < 1.29 is 9.53 Å². The third kappa shape index (κ3) is 4.66. The first kappa shape index (κ1) is 21.9. The van der Waals surface area contributed by atoms with Crippen LogP contribution >= 0.6 is 11.3 Å². The van der Waals surface area contributed by atoms with Crippen LogP contribution < -0.4 is 5.32 Å². The summed E-state index contributed by atoms with van der Waals surface area (Å²) in [5.74, 6) is 0.0802. The monoisotopic (exact) mass is 441 g/mol. The van der Waals surface area contributed by atoms with Gasteiger partial charge in [-0.25, -0.2) is 4.98 Å². The molecule has 7 nitrogen and oxygen atoms in total. The zero-order valence-electron chi connectivity index (χ0n) is 18.8. The van der Waals surface area contributed by atoms with Gasteiger partial charge in [-0.3, -0.25) is 14.4 Å². The molecule has 8 heteroatoms. The highest BCUT2D eigenvalue weighted by Crippen LogP contribution is 2.27. The molecule has 0 aliphatic carbocycles. The minimum atomic E-state index is 0.0802. The number of nitrogens with one attached hydrogen (secondary N) is 1. The average Bonchev–Trinajstić information content (AvgIpc) is 3.37. The molecule has 0 bridgehead atoms. The van der Waals surface area contributed by atoms with Crippen molar-refractivity contribution in [3.63, 3.8) is 0 Å². The van der Waals surface area contributed by atoms with Crippen LogP contribution in [-0.4, -0.2) is 58.4 Å². The summed E-state index contributed by atoms with van der Waals surface area (Å²) < 4.78 is 7.34. The van der Waals surface area contributed by atoms with Crippen LogP contribution in [0.2, 0.25) is 0 Å². The van der Waals surface area contributed by atoms with Crippen molar-refractivity contribution in [2.24, 2.45) is 7.05 Å². The average molecular weight is 442 g/mol. The summed E-state index contributed by atoms with van der Waals surface area (Å²) in [6, 6.07) is 4.43. The van der Waals surface area contributed by atoms with E-state index in [-0.39, 0.29) is 11.9 Å². The number of fused-ring (bicyclic) bond motifs is 1. The van der Waals surface area contributed by atoms with Crippen molar-refractivity contribution in [1.29, 1.82) is 0 Å². The summed E-state index contributed by atoms with van der Waals surface area (Å²) in [6.45, 7) is 10.1. The predicted molar refractivity (Wildman–Crippen MR) is 124 cm³/mol. The Labute approximate surface area is 187 Å². The molecule has 1 fully saturated rings. The van der Waals surface area contributed by atoms with Crippen LogP contribution in [-0.2, 0) is 23.0 Å². The molecule has 1 saturated heterocycles. The number of nitrogens with zero attached hydrogens (tertiary/aromatic N) is 4. The van der Waals surface area contributed by atoms with Gasteiger partial charge in [0.15, 0.2) is 5.65 Å². The van der Waals surface area contributed by atoms with Crippen LogP contribution in [0.5, 0.6) is 0 Å². The van der Waals surface area contributed by atoms with E-state index in [1.54, 1.807) is 11.3 Å². The summed E-state index contributed by atoms with van der Waals surface area (Å²) in [6.07, 6.45) is 1.14. The van der Waals surface area contributed by atoms with Gasteiger partial charge in [-0.05, 0) is 49.8 Å². The maximum Gasteiger partial charge on any atom is 0.220 e. The first-order valence-electron chi connectivity index (χ1n) is 10.9. The van der Waals surface area contributed by atoms with Crippen molar-refractivity contribution in [3.8, 4) is 0 Å². The molecule has 3 aromatic heterocycles. The van der Waals surface area contributed by atoms with Crippen molar-refractivity contribution in [2.45, 2.75) is 39.7 Å². The molecule has 0 saturated carbocycles. The van der Waals surface area contributed by atoms with Gasteiger partial charge in [0.25, 0.3) is 0 Å². The Balaban J connectivity index is 1.41. The van der Waals surface area contributed by atoms with Gasteiger partial charge in [0.05, 0.1) is 24.9 Å². The Morgan fingerprint density at radius 3 is 2.74 bits per heavy atom. The van der Waals surface area contributed by atoms with Crippen molar-refractivity contribution in [1.82, 2.24) is 25.0 Å². The lowest BCUT2D eigenvalue weighted by molar-refractivity contribution is -0.121. The van der Waals surface area contributed by atoms with Gasteiger partial charge in [-0.1, -0.05) is 6.07 Å². The number of carbonyl (C=O) groups excluding carboxylic acids is 1. The Morgan fingerprint density at radius 1 is 1.26 bits per heavy atom. The van der Waals surface area contributed by atoms with E-state index in [4.69, 9.17) is 9.72 Å². The SMILES string of the molecule is Cc1nc2c(c(C)nn2C)c(C)c1CCC(=O)NCC(c1cccs1)N1CCOCC1. The molecule has 1 unspecified atom stereocenters. The quantitative estimate of drug-likeness (QED) is 0.610. The fourth-order valence-electron chi connectivity index (χ4n) is 4.55. The lowest BCUT2D eigenvalue weighted by Crippen LogP contribution is -2.43. The first-order chi connectivity index (χ1) is 15.0. The molecule has 1 aliphatic rings. The number of carbonyl (C=O) groups is 1. The molecule has 4 heterocycles. The highest BCUT2D eigenvalue weighted by molar-refractivity contribution is 7.10. The van der Waals surface area contributed by atoms with E-state index in [0.717, 1.165) is 54.3 Å². The van der Waals surface area contributed by atoms with E-state index in [1.165, 1.54) is 10.4 Å². The number of thiophene rings is 1. The summed E-state index contributed by atoms with van der Waals surface area (Å²) in [5, 5.41) is 10.9. The van der Waals surface area contributed by atoms with E-state index in [1.807, 2.05) is 25.6 Å². The Kier molecular flexibility index (Phi) is 6.69. The number of aromatic nitrogens is 3. The molecule has 0 aromatic carbocycles. The van der Waals surface area contributed by atoms with Crippen LogP contribution in [0.1, 0.15) is 39.9 Å². The maximum atomic E-state index is 12.7. The second-order valence-electron chi connectivity index (χ2n) is 8.19. The van der Waals surface area contributed by atoms with Gasteiger partial charge in [-0.15, -0.1) is 11.3 Å². The fourth-order valence-corrected chi connectivity index (χ4v) is 5.41. The molecular formula is C23H31N5O2S. The largest absolute Gasteiger partial charge is 0.379 e. The number of pyridine rings is 1. The van der Waals surface area contributed by atoms with Crippen LogP contribution in [0.3, 0.4) is 0 Å². The second kappa shape index (κ2) is 9.46. The van der Waals surface area contributed by atoms with Gasteiger partial charge in [0.1, 0.15) is 0 Å². The van der Waals surface area contributed by atoms with Crippen LogP contribution in [0.15, 0.2) is 17.5 Å². The molecule has 0 radical (unpaired) electrons. The smallest absolute Gasteiger partial charge is 0.220 e. The Hall–Kier alpha value is -2.29. The molecule has 166 valence electrons. The van der Waals surface area contributed by atoms with Gasteiger partial charge < -0.3 is 10.1 Å². The van der Waals surface area contributed by atoms with Gasteiger partial charge >= 0.3 is 0 Å². The summed E-state index contributed by atoms with van der Waals surface area (Å²) in [5.41, 5.74) is 5.21. The zero-order chi connectivity index (χ0) is 22.0. The molecule has 1 amide bonds. The number of aryl methyl sites for hydroxylation is 4. The normalized spacial score (nSPS) is 16.0.